The Labute approximate surface area is 105 Å². The van der Waals surface area contributed by atoms with E-state index in [1.54, 1.807) is 6.20 Å². The average Bonchev–Trinajstić information content (AvgIpc) is 2.83. The van der Waals surface area contributed by atoms with Gasteiger partial charge < -0.3 is 0 Å². The Morgan fingerprint density at radius 1 is 1.11 bits per heavy atom. The van der Waals surface area contributed by atoms with E-state index >= 15 is 0 Å². The fraction of sp³-hybridized carbons (Fsp3) is 0.0667. The van der Waals surface area contributed by atoms with Gasteiger partial charge in [-0.05, 0) is 17.5 Å². The van der Waals surface area contributed by atoms with E-state index in [0.29, 0.717) is 5.56 Å². The van der Waals surface area contributed by atoms with Crippen molar-refractivity contribution in [3.05, 3.63) is 54.2 Å². The summed E-state index contributed by atoms with van der Waals surface area (Å²) in [5.41, 5.74) is 2.76. The molecule has 0 aliphatic heterocycles. The highest BCUT2D eigenvalue weighted by molar-refractivity contribution is 5.99. The van der Waals surface area contributed by atoms with Gasteiger partial charge in [0.1, 0.15) is 0 Å². The van der Waals surface area contributed by atoms with E-state index in [4.69, 9.17) is 0 Å². The summed E-state index contributed by atoms with van der Waals surface area (Å²) in [6.07, 6.45) is 1.77. The van der Waals surface area contributed by atoms with Crippen LogP contribution in [0, 0.1) is 11.3 Å². The summed E-state index contributed by atoms with van der Waals surface area (Å²) in [7, 11) is 1.91. The summed E-state index contributed by atoms with van der Waals surface area (Å²) in [5.74, 6) is 0. The molecule has 0 aliphatic carbocycles. The minimum atomic E-state index is 0.698. The molecule has 1 heterocycles. The summed E-state index contributed by atoms with van der Waals surface area (Å²) in [6, 6.07) is 16.1. The van der Waals surface area contributed by atoms with Crippen LogP contribution in [0.4, 0.5) is 0 Å². The Balaban J connectivity index is 2.44. The zero-order valence-corrected chi connectivity index (χ0v) is 9.96. The maximum atomic E-state index is 9.25. The SMILES string of the molecule is Cn1nccc1-c1cccc2cccc(C#N)c12. The second-order valence-electron chi connectivity index (χ2n) is 4.16. The van der Waals surface area contributed by atoms with Crippen molar-refractivity contribution in [3.8, 4) is 17.3 Å². The molecule has 0 unspecified atom stereocenters. The van der Waals surface area contributed by atoms with Gasteiger partial charge in [0.25, 0.3) is 0 Å². The van der Waals surface area contributed by atoms with Crippen LogP contribution in [0.5, 0.6) is 0 Å². The van der Waals surface area contributed by atoms with Crippen molar-refractivity contribution in [1.29, 1.82) is 5.26 Å². The van der Waals surface area contributed by atoms with Gasteiger partial charge in [-0.3, -0.25) is 4.68 Å². The molecule has 3 nitrogen and oxygen atoms in total. The van der Waals surface area contributed by atoms with E-state index in [1.165, 1.54) is 0 Å². The minimum absolute atomic E-state index is 0.698. The Hall–Kier alpha value is -2.60. The number of aromatic nitrogens is 2. The monoisotopic (exact) mass is 233 g/mol. The van der Waals surface area contributed by atoms with E-state index < -0.39 is 0 Å². The number of hydrogen-bond donors (Lipinski definition) is 0. The first-order chi connectivity index (χ1) is 8.81. The molecule has 0 spiro atoms. The molecule has 3 rings (SSSR count). The van der Waals surface area contributed by atoms with Crippen LogP contribution >= 0.6 is 0 Å². The van der Waals surface area contributed by atoms with Crippen LogP contribution in [-0.4, -0.2) is 9.78 Å². The van der Waals surface area contributed by atoms with Crippen molar-refractivity contribution in [1.82, 2.24) is 9.78 Å². The maximum Gasteiger partial charge on any atom is 0.0998 e. The van der Waals surface area contributed by atoms with Gasteiger partial charge in [-0.2, -0.15) is 10.4 Å². The average molecular weight is 233 g/mol. The number of nitriles is 1. The lowest BCUT2D eigenvalue weighted by atomic mass is 9.98. The highest BCUT2D eigenvalue weighted by Crippen LogP contribution is 2.30. The van der Waals surface area contributed by atoms with Crippen LogP contribution < -0.4 is 0 Å². The molecule has 1 aromatic heterocycles. The van der Waals surface area contributed by atoms with Crippen LogP contribution in [0.15, 0.2) is 48.7 Å². The summed E-state index contributed by atoms with van der Waals surface area (Å²) < 4.78 is 1.82. The van der Waals surface area contributed by atoms with Crippen LogP contribution in [0.1, 0.15) is 5.56 Å². The Morgan fingerprint density at radius 3 is 2.56 bits per heavy atom. The van der Waals surface area contributed by atoms with Crippen molar-refractivity contribution in [3.63, 3.8) is 0 Å². The smallest absolute Gasteiger partial charge is 0.0998 e. The van der Waals surface area contributed by atoms with E-state index in [2.05, 4.69) is 11.2 Å². The zero-order valence-electron chi connectivity index (χ0n) is 9.96. The van der Waals surface area contributed by atoms with Crippen molar-refractivity contribution in [2.45, 2.75) is 0 Å². The molecule has 0 radical (unpaired) electrons. The van der Waals surface area contributed by atoms with Crippen LogP contribution in [0.25, 0.3) is 22.0 Å². The molecule has 86 valence electrons. The molecule has 0 fully saturated rings. The fourth-order valence-corrected chi connectivity index (χ4v) is 2.29. The highest BCUT2D eigenvalue weighted by Gasteiger charge is 2.10. The predicted octanol–water partition coefficient (Wildman–Crippen LogP) is 3.11. The molecule has 0 bridgehead atoms. The molecule has 2 aromatic carbocycles. The largest absolute Gasteiger partial charge is 0.268 e. The summed E-state index contributed by atoms with van der Waals surface area (Å²) in [6.45, 7) is 0. The number of benzene rings is 2. The third-order valence-corrected chi connectivity index (χ3v) is 3.12. The van der Waals surface area contributed by atoms with Crippen molar-refractivity contribution in [2.24, 2.45) is 7.05 Å². The minimum Gasteiger partial charge on any atom is -0.268 e. The first kappa shape index (κ1) is 10.5. The molecular formula is C15H11N3. The molecule has 0 atom stereocenters. The zero-order chi connectivity index (χ0) is 12.5. The van der Waals surface area contributed by atoms with E-state index in [1.807, 2.05) is 54.2 Å². The Kier molecular flexibility index (Phi) is 2.35. The number of fused-ring (bicyclic) bond motifs is 1. The van der Waals surface area contributed by atoms with Crippen molar-refractivity contribution >= 4 is 10.8 Å². The second kappa shape index (κ2) is 4.01. The number of rotatable bonds is 1. The van der Waals surface area contributed by atoms with Crippen molar-refractivity contribution < 1.29 is 0 Å². The Morgan fingerprint density at radius 2 is 1.89 bits per heavy atom. The molecule has 0 aliphatic rings. The van der Waals surface area contributed by atoms with Gasteiger partial charge in [-0.25, -0.2) is 0 Å². The fourth-order valence-electron chi connectivity index (χ4n) is 2.29. The standard InChI is InChI=1S/C15H11N3/c1-18-14(8-9-17-18)13-7-3-5-11-4-2-6-12(10-16)15(11)13/h2-9H,1H3. The molecule has 0 N–H and O–H groups in total. The highest BCUT2D eigenvalue weighted by atomic mass is 15.3. The van der Waals surface area contributed by atoms with Gasteiger partial charge in [0.15, 0.2) is 0 Å². The van der Waals surface area contributed by atoms with E-state index in [9.17, 15) is 5.26 Å². The van der Waals surface area contributed by atoms with Gasteiger partial charge in [-0.1, -0.05) is 30.3 Å². The second-order valence-corrected chi connectivity index (χ2v) is 4.16. The first-order valence-corrected chi connectivity index (χ1v) is 5.71. The van der Waals surface area contributed by atoms with E-state index in [0.717, 1.165) is 22.0 Å². The first-order valence-electron chi connectivity index (χ1n) is 5.71. The topological polar surface area (TPSA) is 41.6 Å². The molecule has 0 saturated heterocycles. The lowest BCUT2D eigenvalue weighted by Gasteiger charge is -2.08. The lowest BCUT2D eigenvalue weighted by Crippen LogP contribution is -1.94. The van der Waals surface area contributed by atoms with Crippen LogP contribution in [0.2, 0.25) is 0 Å². The molecule has 0 saturated carbocycles. The van der Waals surface area contributed by atoms with Gasteiger partial charge >= 0.3 is 0 Å². The number of nitrogens with zero attached hydrogens (tertiary/aromatic N) is 3. The predicted molar refractivity (Wildman–Crippen MR) is 70.9 cm³/mol. The summed E-state index contributed by atoms with van der Waals surface area (Å²) >= 11 is 0. The van der Waals surface area contributed by atoms with Gasteiger partial charge in [0.2, 0.25) is 0 Å². The third kappa shape index (κ3) is 1.47. The lowest BCUT2D eigenvalue weighted by molar-refractivity contribution is 0.776. The molecule has 18 heavy (non-hydrogen) atoms. The summed E-state index contributed by atoms with van der Waals surface area (Å²) in [5, 5.41) is 15.5. The van der Waals surface area contributed by atoms with Gasteiger partial charge in [-0.15, -0.1) is 0 Å². The maximum absolute atomic E-state index is 9.25. The van der Waals surface area contributed by atoms with Crippen LogP contribution in [0.3, 0.4) is 0 Å². The molecule has 0 amide bonds. The van der Waals surface area contributed by atoms with Gasteiger partial charge in [0.05, 0.1) is 17.3 Å². The van der Waals surface area contributed by atoms with Crippen molar-refractivity contribution in [2.75, 3.05) is 0 Å². The van der Waals surface area contributed by atoms with E-state index in [-0.39, 0.29) is 0 Å². The van der Waals surface area contributed by atoms with Crippen LogP contribution in [-0.2, 0) is 7.05 Å². The van der Waals surface area contributed by atoms with Gasteiger partial charge in [0, 0.05) is 24.2 Å². The Bertz CT molecular complexity index is 757. The summed E-state index contributed by atoms with van der Waals surface area (Å²) in [4.78, 5) is 0. The molecule has 3 aromatic rings. The third-order valence-electron chi connectivity index (χ3n) is 3.12. The quantitative estimate of drug-likeness (QED) is 0.648. The number of aryl methyl sites for hydroxylation is 1. The molecule has 3 heteroatoms. The molecular weight excluding hydrogens is 222 g/mol. The number of hydrogen-bond acceptors (Lipinski definition) is 2. The normalized spacial score (nSPS) is 10.4.